The van der Waals surface area contributed by atoms with Gasteiger partial charge in [0.15, 0.2) is 0 Å². The summed E-state index contributed by atoms with van der Waals surface area (Å²) in [6, 6.07) is 7.86. The van der Waals surface area contributed by atoms with Gasteiger partial charge in [0.2, 0.25) is 5.91 Å². The summed E-state index contributed by atoms with van der Waals surface area (Å²) in [4.78, 5) is 33.1. The number of hydrogen-bond acceptors (Lipinski definition) is 5. The Morgan fingerprint density at radius 3 is 2.42 bits per heavy atom. The van der Waals surface area contributed by atoms with Crippen molar-refractivity contribution in [2.75, 3.05) is 0 Å². The van der Waals surface area contributed by atoms with Crippen LogP contribution in [0.4, 0.5) is 0 Å². The lowest BCUT2D eigenvalue weighted by Crippen LogP contribution is -2.41. The van der Waals surface area contributed by atoms with Gasteiger partial charge in [-0.2, -0.15) is 0 Å². The first kappa shape index (κ1) is 14.8. The average molecular weight is 264 g/mol. The summed E-state index contributed by atoms with van der Waals surface area (Å²) in [5.74, 6) is -2.38. The second-order valence-corrected chi connectivity index (χ2v) is 4.09. The number of nitrogens with two attached hydrogens (primary N) is 2. The maximum atomic E-state index is 11.6. The zero-order valence-corrected chi connectivity index (χ0v) is 10.3. The molecule has 0 saturated carbocycles. The predicted molar refractivity (Wildman–Crippen MR) is 67.6 cm³/mol. The minimum absolute atomic E-state index is 0.0650. The SMILES string of the molecule is NC(=O)CC(C=O)[C@H](N)C(=O)OCc1ccccc1. The van der Waals surface area contributed by atoms with Crippen LogP contribution >= 0.6 is 0 Å². The number of aldehydes is 1. The van der Waals surface area contributed by atoms with Crippen molar-refractivity contribution in [3.05, 3.63) is 35.9 Å². The maximum absolute atomic E-state index is 11.6. The first-order chi connectivity index (χ1) is 9.04. The molecule has 0 heterocycles. The van der Waals surface area contributed by atoms with Gasteiger partial charge >= 0.3 is 5.97 Å². The molecule has 1 rings (SSSR count). The molecule has 1 aromatic carbocycles. The van der Waals surface area contributed by atoms with E-state index in [9.17, 15) is 14.4 Å². The minimum Gasteiger partial charge on any atom is -0.460 e. The molecule has 0 spiro atoms. The van der Waals surface area contributed by atoms with Crippen LogP contribution in [0.15, 0.2) is 30.3 Å². The summed E-state index contributed by atoms with van der Waals surface area (Å²) in [7, 11) is 0. The van der Waals surface area contributed by atoms with Crippen LogP contribution in [0.3, 0.4) is 0 Å². The highest BCUT2D eigenvalue weighted by Gasteiger charge is 2.27. The van der Waals surface area contributed by atoms with Crippen LogP contribution in [0.2, 0.25) is 0 Å². The van der Waals surface area contributed by atoms with E-state index in [1.54, 1.807) is 12.1 Å². The van der Waals surface area contributed by atoms with Gasteiger partial charge in [0.1, 0.15) is 18.9 Å². The molecule has 0 aliphatic carbocycles. The monoisotopic (exact) mass is 264 g/mol. The Hall–Kier alpha value is -2.21. The highest BCUT2D eigenvalue weighted by Crippen LogP contribution is 2.08. The van der Waals surface area contributed by atoms with Crippen LogP contribution in [0, 0.1) is 5.92 Å². The van der Waals surface area contributed by atoms with Gasteiger partial charge in [-0.05, 0) is 5.56 Å². The molecule has 102 valence electrons. The number of carbonyl (C=O) groups excluding carboxylic acids is 3. The van der Waals surface area contributed by atoms with Crippen LogP contribution in [-0.2, 0) is 25.7 Å². The Bertz CT molecular complexity index is 447. The molecule has 6 nitrogen and oxygen atoms in total. The third kappa shape index (κ3) is 4.89. The highest BCUT2D eigenvalue weighted by molar-refractivity contribution is 5.84. The Morgan fingerprint density at radius 2 is 1.89 bits per heavy atom. The number of esters is 1. The van der Waals surface area contributed by atoms with Crippen LogP contribution in [-0.4, -0.2) is 24.2 Å². The molecule has 0 saturated heterocycles. The van der Waals surface area contributed by atoms with Gasteiger partial charge in [0.25, 0.3) is 0 Å². The van der Waals surface area contributed by atoms with E-state index < -0.39 is 23.8 Å². The molecule has 0 fully saturated rings. The summed E-state index contributed by atoms with van der Waals surface area (Å²) < 4.78 is 4.98. The number of amides is 1. The largest absolute Gasteiger partial charge is 0.460 e. The topological polar surface area (TPSA) is 112 Å². The Labute approximate surface area is 110 Å². The Balaban J connectivity index is 2.52. The molecule has 1 unspecified atom stereocenters. The van der Waals surface area contributed by atoms with Crippen molar-refractivity contribution >= 4 is 18.2 Å². The first-order valence-electron chi connectivity index (χ1n) is 5.74. The molecule has 1 amide bonds. The van der Waals surface area contributed by atoms with Gasteiger partial charge in [-0.1, -0.05) is 30.3 Å². The molecular weight excluding hydrogens is 248 g/mol. The summed E-state index contributed by atoms with van der Waals surface area (Å²) in [6.45, 7) is 0.0650. The quantitative estimate of drug-likeness (QED) is 0.520. The summed E-state index contributed by atoms with van der Waals surface area (Å²) in [5.41, 5.74) is 11.3. The average Bonchev–Trinajstić information content (AvgIpc) is 2.42. The molecule has 1 aromatic rings. The van der Waals surface area contributed by atoms with E-state index in [0.29, 0.717) is 6.29 Å². The third-order valence-electron chi connectivity index (χ3n) is 2.57. The molecule has 0 aliphatic heterocycles. The van der Waals surface area contributed by atoms with Crippen LogP contribution < -0.4 is 11.5 Å². The van der Waals surface area contributed by atoms with Crippen molar-refractivity contribution in [3.63, 3.8) is 0 Å². The van der Waals surface area contributed by atoms with Gasteiger partial charge in [-0.15, -0.1) is 0 Å². The number of benzene rings is 1. The predicted octanol–water partition coefficient (Wildman–Crippen LogP) is -0.252. The molecule has 0 aliphatic rings. The summed E-state index contributed by atoms with van der Waals surface area (Å²) >= 11 is 0. The molecule has 0 radical (unpaired) electrons. The third-order valence-corrected chi connectivity index (χ3v) is 2.57. The van der Waals surface area contributed by atoms with Gasteiger partial charge in [-0.3, -0.25) is 9.59 Å². The zero-order valence-electron chi connectivity index (χ0n) is 10.3. The Kier molecular flexibility index (Phi) is 5.69. The molecule has 2 atom stereocenters. The lowest BCUT2D eigenvalue weighted by Gasteiger charge is -2.16. The van der Waals surface area contributed by atoms with E-state index in [4.69, 9.17) is 16.2 Å². The van der Waals surface area contributed by atoms with Crippen molar-refractivity contribution in [2.45, 2.75) is 19.1 Å². The van der Waals surface area contributed by atoms with E-state index in [2.05, 4.69) is 0 Å². The lowest BCUT2D eigenvalue weighted by molar-refractivity contribution is -0.149. The van der Waals surface area contributed by atoms with Crippen molar-refractivity contribution in [3.8, 4) is 0 Å². The second kappa shape index (κ2) is 7.27. The van der Waals surface area contributed by atoms with E-state index in [1.165, 1.54) is 0 Å². The minimum atomic E-state index is -1.19. The number of ether oxygens (including phenoxy) is 1. The van der Waals surface area contributed by atoms with Crippen LogP contribution in [0.25, 0.3) is 0 Å². The standard InChI is InChI=1S/C13H16N2O4/c14-11(17)6-10(7-16)12(15)13(18)19-8-9-4-2-1-3-5-9/h1-5,7,10,12H,6,8,15H2,(H2,14,17)/t10?,12-/m0/s1. The van der Waals surface area contributed by atoms with E-state index in [1.807, 2.05) is 18.2 Å². The molecule has 4 N–H and O–H groups in total. The van der Waals surface area contributed by atoms with Crippen molar-refractivity contribution in [1.29, 1.82) is 0 Å². The molecule has 6 heteroatoms. The molecule has 0 bridgehead atoms. The number of carbonyl (C=O) groups is 3. The zero-order chi connectivity index (χ0) is 14.3. The van der Waals surface area contributed by atoms with Gasteiger partial charge in [0.05, 0.1) is 0 Å². The highest BCUT2D eigenvalue weighted by atomic mass is 16.5. The number of hydrogen-bond donors (Lipinski definition) is 2. The fraction of sp³-hybridized carbons (Fsp3) is 0.308. The van der Waals surface area contributed by atoms with Crippen LogP contribution in [0.1, 0.15) is 12.0 Å². The summed E-state index contributed by atoms with van der Waals surface area (Å²) in [5, 5.41) is 0. The van der Waals surface area contributed by atoms with E-state index in [0.717, 1.165) is 5.56 Å². The van der Waals surface area contributed by atoms with Crippen molar-refractivity contribution in [1.82, 2.24) is 0 Å². The van der Waals surface area contributed by atoms with Gasteiger partial charge in [-0.25, -0.2) is 0 Å². The fourth-order valence-electron chi connectivity index (χ4n) is 1.49. The molecular formula is C13H16N2O4. The maximum Gasteiger partial charge on any atom is 0.324 e. The molecule has 19 heavy (non-hydrogen) atoms. The second-order valence-electron chi connectivity index (χ2n) is 4.09. The molecule has 0 aromatic heterocycles. The van der Waals surface area contributed by atoms with Crippen molar-refractivity contribution < 1.29 is 19.1 Å². The normalized spacial score (nSPS) is 13.3. The van der Waals surface area contributed by atoms with Gasteiger partial charge in [0, 0.05) is 12.3 Å². The van der Waals surface area contributed by atoms with E-state index >= 15 is 0 Å². The fourth-order valence-corrected chi connectivity index (χ4v) is 1.49. The smallest absolute Gasteiger partial charge is 0.324 e. The summed E-state index contributed by atoms with van der Waals surface area (Å²) in [6.07, 6.45) is 0.171. The number of primary amides is 1. The van der Waals surface area contributed by atoms with Crippen LogP contribution in [0.5, 0.6) is 0 Å². The Morgan fingerprint density at radius 1 is 1.26 bits per heavy atom. The van der Waals surface area contributed by atoms with Gasteiger partial charge < -0.3 is 21.0 Å². The first-order valence-corrected chi connectivity index (χ1v) is 5.74. The number of rotatable bonds is 7. The van der Waals surface area contributed by atoms with E-state index in [-0.39, 0.29) is 13.0 Å². The van der Waals surface area contributed by atoms with Crippen molar-refractivity contribution in [2.24, 2.45) is 17.4 Å². The lowest BCUT2D eigenvalue weighted by atomic mass is 9.98.